The van der Waals surface area contributed by atoms with Crippen LogP contribution in [0.2, 0.25) is 0 Å². The van der Waals surface area contributed by atoms with Crippen LogP contribution in [-0.2, 0) is 16.0 Å². The Hall–Kier alpha value is -3.22. The molecule has 7 heteroatoms. The van der Waals surface area contributed by atoms with Gasteiger partial charge in [0.15, 0.2) is 6.61 Å². The molecule has 2 rings (SSSR count). The molecule has 0 aromatic heterocycles. The number of esters is 1. The van der Waals surface area contributed by atoms with Gasteiger partial charge in [0.05, 0.1) is 26.9 Å². The molecule has 0 heterocycles. The smallest absolute Gasteiger partial charge is 0.338 e. The number of benzene rings is 2. The van der Waals surface area contributed by atoms with Gasteiger partial charge in [-0.25, -0.2) is 4.79 Å². The molecule has 0 bridgehead atoms. The van der Waals surface area contributed by atoms with Crippen molar-refractivity contribution in [2.75, 3.05) is 34.5 Å². The minimum absolute atomic E-state index is 0.244. The second kappa shape index (κ2) is 10.1. The zero-order chi connectivity index (χ0) is 19.6. The van der Waals surface area contributed by atoms with E-state index in [-0.39, 0.29) is 18.1 Å². The first-order valence-corrected chi connectivity index (χ1v) is 8.36. The molecule has 0 spiro atoms. The fraction of sp³-hybridized carbons (Fsp3) is 0.300. The lowest BCUT2D eigenvalue weighted by molar-refractivity contribution is -0.124. The third-order valence-electron chi connectivity index (χ3n) is 3.83. The average Bonchev–Trinajstić information content (AvgIpc) is 2.71. The maximum Gasteiger partial charge on any atom is 0.338 e. The molecule has 0 aliphatic carbocycles. The largest absolute Gasteiger partial charge is 0.497 e. The second-order valence-corrected chi connectivity index (χ2v) is 5.59. The summed E-state index contributed by atoms with van der Waals surface area (Å²) in [6.07, 6.45) is 0.608. The molecule has 0 unspecified atom stereocenters. The Bertz CT molecular complexity index is 768. The minimum Gasteiger partial charge on any atom is -0.497 e. The highest BCUT2D eigenvalue weighted by Crippen LogP contribution is 2.23. The number of hydrogen-bond acceptors (Lipinski definition) is 6. The Morgan fingerprint density at radius 3 is 2.22 bits per heavy atom. The fourth-order valence-electron chi connectivity index (χ4n) is 2.44. The normalized spacial score (nSPS) is 10.0. The molecule has 0 atom stereocenters. The van der Waals surface area contributed by atoms with Crippen molar-refractivity contribution in [3.63, 3.8) is 0 Å². The van der Waals surface area contributed by atoms with Gasteiger partial charge in [0.1, 0.15) is 17.2 Å². The monoisotopic (exact) mass is 373 g/mol. The fourth-order valence-corrected chi connectivity index (χ4v) is 2.44. The maximum atomic E-state index is 12.1. The van der Waals surface area contributed by atoms with Gasteiger partial charge in [0, 0.05) is 12.6 Å². The summed E-state index contributed by atoms with van der Waals surface area (Å²) >= 11 is 0. The van der Waals surface area contributed by atoms with Gasteiger partial charge < -0.3 is 24.3 Å². The molecule has 0 aliphatic heterocycles. The van der Waals surface area contributed by atoms with Gasteiger partial charge >= 0.3 is 5.97 Å². The van der Waals surface area contributed by atoms with Crippen LogP contribution in [0.25, 0.3) is 0 Å². The first kappa shape index (κ1) is 20.1. The Balaban J connectivity index is 1.82. The Labute approximate surface area is 158 Å². The third kappa shape index (κ3) is 5.91. The second-order valence-electron chi connectivity index (χ2n) is 5.59. The van der Waals surface area contributed by atoms with Crippen molar-refractivity contribution in [3.8, 4) is 17.2 Å². The molecule has 0 aliphatic rings. The number of hydrogen-bond donors (Lipinski definition) is 1. The van der Waals surface area contributed by atoms with Crippen LogP contribution in [0, 0.1) is 0 Å². The molecule has 2 aromatic carbocycles. The van der Waals surface area contributed by atoms with Gasteiger partial charge in [-0.15, -0.1) is 0 Å². The number of nitrogens with one attached hydrogen (secondary N) is 1. The predicted molar refractivity (Wildman–Crippen MR) is 99.5 cm³/mol. The molecule has 0 fully saturated rings. The standard InChI is InChI=1S/C20H23NO6/c1-24-16-10-15(11-17(12-16)25-2)20(23)27-13-19(22)21-9-8-14-6-4-5-7-18(14)26-3/h4-7,10-12H,8-9,13H2,1-3H3,(H,21,22). The Kier molecular flexibility index (Phi) is 7.49. The molecular weight excluding hydrogens is 350 g/mol. The molecule has 0 saturated heterocycles. The number of amides is 1. The summed E-state index contributed by atoms with van der Waals surface area (Å²) in [5.74, 6) is 0.676. The molecule has 27 heavy (non-hydrogen) atoms. The first-order valence-electron chi connectivity index (χ1n) is 8.36. The van der Waals surface area contributed by atoms with E-state index >= 15 is 0 Å². The summed E-state index contributed by atoms with van der Waals surface area (Å²) in [6.45, 7) is 0.0357. The minimum atomic E-state index is -0.632. The van der Waals surface area contributed by atoms with Crippen molar-refractivity contribution < 1.29 is 28.5 Å². The van der Waals surface area contributed by atoms with Gasteiger partial charge in [-0.3, -0.25) is 4.79 Å². The topological polar surface area (TPSA) is 83.1 Å². The van der Waals surface area contributed by atoms with Crippen LogP contribution in [0.4, 0.5) is 0 Å². The van der Waals surface area contributed by atoms with Crippen LogP contribution in [-0.4, -0.2) is 46.4 Å². The Morgan fingerprint density at radius 1 is 0.926 bits per heavy atom. The Morgan fingerprint density at radius 2 is 1.59 bits per heavy atom. The van der Waals surface area contributed by atoms with Crippen molar-refractivity contribution in [1.82, 2.24) is 5.32 Å². The highest BCUT2D eigenvalue weighted by atomic mass is 16.5. The van der Waals surface area contributed by atoms with Crippen molar-refractivity contribution in [2.45, 2.75) is 6.42 Å². The number of carbonyl (C=O) groups is 2. The van der Waals surface area contributed by atoms with Crippen LogP contribution in [0.15, 0.2) is 42.5 Å². The molecule has 144 valence electrons. The quantitative estimate of drug-likeness (QED) is 0.679. The molecule has 7 nitrogen and oxygen atoms in total. The number of rotatable bonds is 9. The molecule has 2 aromatic rings. The summed E-state index contributed by atoms with van der Waals surface area (Å²) in [5, 5.41) is 2.71. The van der Waals surface area contributed by atoms with Gasteiger partial charge in [-0.05, 0) is 30.2 Å². The van der Waals surface area contributed by atoms with E-state index in [0.717, 1.165) is 11.3 Å². The van der Waals surface area contributed by atoms with Crippen molar-refractivity contribution in [1.29, 1.82) is 0 Å². The molecular formula is C20H23NO6. The number of carbonyl (C=O) groups excluding carboxylic acids is 2. The lowest BCUT2D eigenvalue weighted by Crippen LogP contribution is -2.30. The summed E-state index contributed by atoms with van der Waals surface area (Å²) in [6, 6.07) is 12.3. The van der Waals surface area contributed by atoms with Crippen molar-refractivity contribution in [3.05, 3.63) is 53.6 Å². The highest BCUT2D eigenvalue weighted by Gasteiger charge is 2.13. The third-order valence-corrected chi connectivity index (χ3v) is 3.83. The lowest BCUT2D eigenvalue weighted by Gasteiger charge is -2.10. The van der Waals surface area contributed by atoms with E-state index in [4.69, 9.17) is 18.9 Å². The summed E-state index contributed by atoms with van der Waals surface area (Å²) in [5.41, 5.74) is 1.23. The van der Waals surface area contributed by atoms with Gasteiger partial charge in [0.2, 0.25) is 0 Å². The summed E-state index contributed by atoms with van der Waals surface area (Å²) < 4.78 is 20.5. The molecule has 1 amide bonds. The lowest BCUT2D eigenvalue weighted by atomic mass is 10.1. The van der Waals surface area contributed by atoms with Crippen LogP contribution in [0.1, 0.15) is 15.9 Å². The maximum absolute atomic E-state index is 12.1. The van der Waals surface area contributed by atoms with Gasteiger partial charge in [-0.2, -0.15) is 0 Å². The van der Waals surface area contributed by atoms with E-state index in [0.29, 0.717) is 24.5 Å². The highest BCUT2D eigenvalue weighted by molar-refractivity contribution is 5.92. The van der Waals surface area contributed by atoms with Gasteiger partial charge in [0.25, 0.3) is 5.91 Å². The molecule has 1 N–H and O–H groups in total. The molecule has 0 radical (unpaired) electrons. The number of methoxy groups -OCH3 is 3. The van der Waals surface area contributed by atoms with E-state index < -0.39 is 5.97 Å². The SMILES string of the molecule is COc1cc(OC)cc(C(=O)OCC(=O)NCCc2ccccc2OC)c1. The van der Waals surface area contributed by atoms with E-state index in [2.05, 4.69) is 5.32 Å². The predicted octanol–water partition coefficient (Wildman–Crippen LogP) is 2.23. The molecule has 0 saturated carbocycles. The zero-order valence-corrected chi connectivity index (χ0v) is 15.6. The number of ether oxygens (including phenoxy) is 4. The average molecular weight is 373 g/mol. The van der Waals surface area contributed by atoms with Crippen LogP contribution in [0.5, 0.6) is 17.2 Å². The first-order chi connectivity index (χ1) is 13.1. The zero-order valence-electron chi connectivity index (χ0n) is 15.6. The van der Waals surface area contributed by atoms with E-state index in [1.807, 2.05) is 24.3 Å². The van der Waals surface area contributed by atoms with Crippen LogP contribution < -0.4 is 19.5 Å². The summed E-state index contributed by atoms with van der Waals surface area (Å²) in [7, 11) is 4.57. The number of para-hydroxylation sites is 1. The van der Waals surface area contributed by atoms with Gasteiger partial charge in [-0.1, -0.05) is 18.2 Å². The van der Waals surface area contributed by atoms with Crippen LogP contribution in [0.3, 0.4) is 0 Å². The van der Waals surface area contributed by atoms with E-state index in [1.165, 1.54) is 26.4 Å². The van der Waals surface area contributed by atoms with Crippen molar-refractivity contribution in [2.24, 2.45) is 0 Å². The van der Waals surface area contributed by atoms with Crippen LogP contribution >= 0.6 is 0 Å². The van der Waals surface area contributed by atoms with E-state index in [1.54, 1.807) is 13.2 Å². The summed E-state index contributed by atoms with van der Waals surface area (Å²) in [4.78, 5) is 24.0. The van der Waals surface area contributed by atoms with Crippen molar-refractivity contribution >= 4 is 11.9 Å². The van der Waals surface area contributed by atoms with E-state index in [9.17, 15) is 9.59 Å².